The maximum absolute atomic E-state index is 12.1. The third-order valence-corrected chi connectivity index (χ3v) is 4.24. The van der Waals surface area contributed by atoms with Crippen molar-refractivity contribution in [3.63, 3.8) is 0 Å². The molecule has 0 atom stereocenters. The fourth-order valence-corrected chi connectivity index (χ4v) is 2.90. The highest BCUT2D eigenvalue weighted by Crippen LogP contribution is 2.31. The van der Waals surface area contributed by atoms with Crippen molar-refractivity contribution in [3.05, 3.63) is 44.5 Å². The third-order valence-electron chi connectivity index (χ3n) is 2.67. The van der Waals surface area contributed by atoms with E-state index in [2.05, 4.69) is 32.3 Å². The lowest BCUT2D eigenvalue weighted by atomic mass is 10.2. The van der Waals surface area contributed by atoms with Crippen LogP contribution in [0.5, 0.6) is 0 Å². The minimum Gasteiger partial charge on any atom is -0.311 e. The van der Waals surface area contributed by atoms with E-state index in [0.717, 1.165) is 10.4 Å². The van der Waals surface area contributed by atoms with E-state index in [-0.39, 0.29) is 5.91 Å². The largest absolute Gasteiger partial charge is 0.311 e. The number of rotatable bonds is 2. The summed E-state index contributed by atoms with van der Waals surface area (Å²) in [6, 6.07) is 7.23. The molecule has 1 amide bonds. The number of aromatic nitrogens is 1. The quantitative estimate of drug-likeness (QED) is 0.852. The molecule has 2 aromatic heterocycles. The number of halogens is 1. The van der Waals surface area contributed by atoms with Crippen LogP contribution in [-0.2, 0) is 0 Å². The van der Waals surface area contributed by atoms with Gasteiger partial charge in [-0.3, -0.25) is 4.79 Å². The van der Waals surface area contributed by atoms with Gasteiger partial charge in [0.1, 0.15) is 21.4 Å². The highest BCUT2D eigenvalue weighted by molar-refractivity contribution is 9.10. The second kappa shape index (κ2) is 5.51. The predicted molar refractivity (Wildman–Crippen MR) is 78.4 cm³/mol. The standard InChI is InChI=1S/C13H10BrN3OS/c1-7-8(2)19-13(9(7)6-15)17-12(18)10-4-3-5-11(14)16-10/h3-5H,1-2H3,(H,17,18). The summed E-state index contributed by atoms with van der Waals surface area (Å²) >= 11 is 4.62. The Bertz CT molecular complexity index is 688. The summed E-state index contributed by atoms with van der Waals surface area (Å²) in [4.78, 5) is 17.2. The van der Waals surface area contributed by atoms with Crippen LogP contribution >= 0.6 is 27.3 Å². The number of nitriles is 1. The number of aryl methyl sites for hydroxylation is 1. The van der Waals surface area contributed by atoms with Crippen LogP contribution in [0.3, 0.4) is 0 Å². The van der Waals surface area contributed by atoms with Gasteiger partial charge in [-0.05, 0) is 47.5 Å². The first-order chi connectivity index (χ1) is 9.02. The van der Waals surface area contributed by atoms with E-state index < -0.39 is 0 Å². The van der Waals surface area contributed by atoms with Gasteiger partial charge in [-0.1, -0.05) is 6.07 Å². The van der Waals surface area contributed by atoms with E-state index >= 15 is 0 Å². The van der Waals surface area contributed by atoms with Crippen LogP contribution in [0, 0.1) is 25.2 Å². The molecular weight excluding hydrogens is 326 g/mol. The van der Waals surface area contributed by atoms with Gasteiger partial charge in [-0.25, -0.2) is 4.98 Å². The summed E-state index contributed by atoms with van der Waals surface area (Å²) in [5, 5.41) is 12.4. The van der Waals surface area contributed by atoms with Crippen molar-refractivity contribution >= 4 is 38.2 Å². The van der Waals surface area contributed by atoms with Crippen LogP contribution in [-0.4, -0.2) is 10.9 Å². The Morgan fingerprint density at radius 1 is 1.47 bits per heavy atom. The van der Waals surface area contributed by atoms with Crippen molar-refractivity contribution in [2.24, 2.45) is 0 Å². The normalized spacial score (nSPS) is 10.0. The Morgan fingerprint density at radius 3 is 2.84 bits per heavy atom. The van der Waals surface area contributed by atoms with E-state index in [4.69, 9.17) is 5.26 Å². The number of nitrogens with one attached hydrogen (secondary N) is 1. The number of hydrogen-bond donors (Lipinski definition) is 1. The van der Waals surface area contributed by atoms with Gasteiger partial charge in [0.05, 0.1) is 5.56 Å². The molecule has 2 heterocycles. The van der Waals surface area contributed by atoms with Crippen LogP contribution in [0.4, 0.5) is 5.00 Å². The lowest BCUT2D eigenvalue weighted by Crippen LogP contribution is -2.13. The van der Waals surface area contributed by atoms with Gasteiger partial charge < -0.3 is 5.32 Å². The molecule has 1 N–H and O–H groups in total. The van der Waals surface area contributed by atoms with E-state index in [1.165, 1.54) is 11.3 Å². The highest BCUT2D eigenvalue weighted by Gasteiger charge is 2.16. The molecule has 2 rings (SSSR count). The van der Waals surface area contributed by atoms with Gasteiger partial charge in [-0.2, -0.15) is 5.26 Å². The zero-order valence-electron chi connectivity index (χ0n) is 10.3. The summed E-state index contributed by atoms with van der Waals surface area (Å²) in [6.45, 7) is 3.80. The molecule has 0 unspecified atom stereocenters. The Labute approximate surface area is 123 Å². The topological polar surface area (TPSA) is 65.8 Å². The SMILES string of the molecule is Cc1sc(NC(=O)c2cccc(Br)n2)c(C#N)c1C. The fraction of sp³-hybridized carbons (Fsp3) is 0.154. The first-order valence-electron chi connectivity index (χ1n) is 5.47. The first kappa shape index (κ1) is 13.7. The van der Waals surface area contributed by atoms with Gasteiger partial charge in [0.25, 0.3) is 5.91 Å². The van der Waals surface area contributed by atoms with E-state index in [9.17, 15) is 4.79 Å². The first-order valence-corrected chi connectivity index (χ1v) is 7.08. The van der Waals surface area contributed by atoms with Crippen molar-refractivity contribution in [2.45, 2.75) is 13.8 Å². The average Bonchev–Trinajstić information content (AvgIpc) is 2.64. The molecule has 2 aromatic rings. The molecule has 19 heavy (non-hydrogen) atoms. The Balaban J connectivity index is 2.30. The highest BCUT2D eigenvalue weighted by atomic mass is 79.9. The Morgan fingerprint density at radius 2 is 2.21 bits per heavy atom. The summed E-state index contributed by atoms with van der Waals surface area (Å²) in [6.07, 6.45) is 0. The Hall–Kier alpha value is -1.71. The number of amides is 1. The number of hydrogen-bond acceptors (Lipinski definition) is 4. The van der Waals surface area contributed by atoms with Crippen LogP contribution in [0.2, 0.25) is 0 Å². The lowest BCUT2D eigenvalue weighted by molar-refractivity contribution is 0.102. The van der Waals surface area contributed by atoms with Gasteiger partial charge in [-0.15, -0.1) is 11.3 Å². The summed E-state index contributed by atoms with van der Waals surface area (Å²) in [5.74, 6) is -0.320. The van der Waals surface area contributed by atoms with Gasteiger partial charge in [0.2, 0.25) is 0 Å². The van der Waals surface area contributed by atoms with Crippen molar-refractivity contribution in [1.29, 1.82) is 5.26 Å². The molecule has 0 aliphatic heterocycles. The van der Waals surface area contributed by atoms with Crippen LogP contribution < -0.4 is 5.32 Å². The number of thiophene rings is 1. The molecule has 0 aromatic carbocycles. The molecule has 96 valence electrons. The molecule has 0 saturated heterocycles. The molecule has 0 fully saturated rings. The van der Waals surface area contributed by atoms with Crippen molar-refractivity contribution < 1.29 is 4.79 Å². The van der Waals surface area contributed by atoms with E-state index in [0.29, 0.717) is 20.9 Å². The van der Waals surface area contributed by atoms with Crippen LogP contribution in [0.15, 0.2) is 22.8 Å². The monoisotopic (exact) mass is 335 g/mol. The lowest BCUT2D eigenvalue weighted by Gasteiger charge is -2.03. The van der Waals surface area contributed by atoms with Gasteiger partial charge in [0, 0.05) is 4.88 Å². The summed E-state index contributed by atoms with van der Waals surface area (Å²) in [5.41, 5.74) is 1.73. The molecule has 0 bridgehead atoms. The molecule has 0 aliphatic rings. The maximum atomic E-state index is 12.1. The number of carbonyl (C=O) groups is 1. The second-order valence-electron chi connectivity index (χ2n) is 3.90. The summed E-state index contributed by atoms with van der Waals surface area (Å²) in [7, 11) is 0. The van der Waals surface area contributed by atoms with E-state index in [1.54, 1.807) is 18.2 Å². The zero-order valence-corrected chi connectivity index (χ0v) is 12.7. The zero-order chi connectivity index (χ0) is 14.0. The average molecular weight is 336 g/mol. The van der Waals surface area contributed by atoms with Crippen LogP contribution in [0.25, 0.3) is 0 Å². The molecule has 0 aliphatic carbocycles. The molecule has 4 nitrogen and oxygen atoms in total. The molecule has 0 saturated carbocycles. The fourth-order valence-electron chi connectivity index (χ4n) is 1.55. The Kier molecular flexibility index (Phi) is 3.98. The second-order valence-corrected chi connectivity index (χ2v) is 5.94. The van der Waals surface area contributed by atoms with E-state index in [1.807, 2.05) is 13.8 Å². The van der Waals surface area contributed by atoms with Gasteiger partial charge >= 0.3 is 0 Å². The number of carbonyl (C=O) groups excluding carboxylic acids is 1. The minimum absolute atomic E-state index is 0.307. The molecular formula is C13H10BrN3OS. The molecule has 6 heteroatoms. The van der Waals surface area contributed by atoms with Crippen LogP contribution in [0.1, 0.15) is 26.5 Å². The maximum Gasteiger partial charge on any atom is 0.274 e. The van der Waals surface area contributed by atoms with Crippen molar-refractivity contribution in [3.8, 4) is 6.07 Å². The van der Waals surface area contributed by atoms with Crippen molar-refractivity contribution in [1.82, 2.24) is 4.98 Å². The smallest absolute Gasteiger partial charge is 0.274 e. The molecule has 0 spiro atoms. The number of nitrogens with zero attached hydrogens (tertiary/aromatic N) is 2. The minimum atomic E-state index is -0.320. The molecule has 0 radical (unpaired) electrons. The van der Waals surface area contributed by atoms with Gasteiger partial charge in [0.15, 0.2) is 0 Å². The predicted octanol–water partition coefficient (Wildman–Crippen LogP) is 3.65. The number of anilines is 1. The number of pyridine rings is 1. The third kappa shape index (κ3) is 2.83. The van der Waals surface area contributed by atoms with Crippen molar-refractivity contribution in [2.75, 3.05) is 5.32 Å². The summed E-state index contributed by atoms with van der Waals surface area (Å²) < 4.78 is 0.596.